The number of aryl methyl sites for hydroxylation is 1. The third-order valence-corrected chi connectivity index (χ3v) is 3.55. The van der Waals surface area contributed by atoms with Crippen molar-refractivity contribution in [3.05, 3.63) is 33.8 Å². The van der Waals surface area contributed by atoms with Crippen molar-refractivity contribution in [1.82, 2.24) is 19.8 Å². The summed E-state index contributed by atoms with van der Waals surface area (Å²) in [5, 5.41) is 13.1. The zero-order valence-corrected chi connectivity index (χ0v) is 11.1. The van der Waals surface area contributed by atoms with Gasteiger partial charge in [0.2, 0.25) is 5.22 Å². The maximum atomic E-state index is 6.08. The fraction of sp³-hybridized carbons (Fsp3) is 0.182. The summed E-state index contributed by atoms with van der Waals surface area (Å²) in [5.74, 6) is 0.508. The molecular formula is C11H8Cl2N4O. The molecule has 0 radical (unpaired) electrons. The average Bonchev–Trinajstić information content (AvgIpc) is 2.92. The normalized spacial score (nSPS) is 11.3. The first-order valence-corrected chi connectivity index (χ1v) is 5.96. The molecule has 18 heavy (non-hydrogen) atoms. The van der Waals surface area contributed by atoms with Gasteiger partial charge in [-0.1, -0.05) is 11.6 Å². The zero-order valence-electron chi connectivity index (χ0n) is 9.61. The zero-order chi connectivity index (χ0) is 12.9. The summed E-state index contributed by atoms with van der Waals surface area (Å²) in [6.45, 7) is 3.82. The maximum absolute atomic E-state index is 6.08. The Kier molecular flexibility index (Phi) is 2.53. The number of rotatable bonds is 1. The summed E-state index contributed by atoms with van der Waals surface area (Å²) in [4.78, 5) is 0. The number of hydrogen-bond acceptors (Lipinski definition) is 4. The molecule has 0 atom stereocenters. The molecular weight excluding hydrogens is 275 g/mol. The molecule has 0 N–H and O–H groups in total. The molecule has 0 saturated heterocycles. The molecule has 7 heteroatoms. The summed E-state index contributed by atoms with van der Waals surface area (Å²) in [6, 6.07) is 1.71. The van der Waals surface area contributed by atoms with Crippen molar-refractivity contribution < 1.29 is 4.42 Å². The van der Waals surface area contributed by atoms with E-state index in [-0.39, 0.29) is 5.22 Å². The first-order chi connectivity index (χ1) is 8.59. The predicted octanol–water partition coefficient (Wildman–Crippen LogP) is 3.31. The maximum Gasteiger partial charge on any atom is 0.204 e. The molecule has 0 unspecified atom stereocenters. The highest BCUT2D eigenvalue weighted by Gasteiger charge is 2.17. The quantitative estimate of drug-likeness (QED) is 0.687. The summed E-state index contributed by atoms with van der Waals surface area (Å²) in [6.07, 6.45) is 1.49. The Labute approximate surface area is 112 Å². The van der Waals surface area contributed by atoms with Gasteiger partial charge in [0.15, 0.2) is 16.6 Å². The Bertz CT molecular complexity index is 747. The van der Waals surface area contributed by atoms with Crippen molar-refractivity contribution in [2.75, 3.05) is 0 Å². The fourth-order valence-corrected chi connectivity index (χ4v) is 2.13. The van der Waals surface area contributed by atoms with Crippen molar-refractivity contribution in [2.45, 2.75) is 13.8 Å². The van der Waals surface area contributed by atoms with Crippen LogP contribution in [-0.2, 0) is 0 Å². The van der Waals surface area contributed by atoms with E-state index in [4.69, 9.17) is 27.6 Å². The molecule has 5 nitrogen and oxygen atoms in total. The van der Waals surface area contributed by atoms with E-state index in [1.807, 2.05) is 13.8 Å². The molecule has 0 amide bonds. The molecule has 3 aromatic heterocycles. The Morgan fingerprint density at radius 2 is 1.94 bits per heavy atom. The van der Waals surface area contributed by atoms with Gasteiger partial charge in [-0.2, -0.15) is 9.61 Å². The van der Waals surface area contributed by atoms with Crippen molar-refractivity contribution >= 4 is 28.8 Å². The topological polar surface area (TPSA) is 56.2 Å². The van der Waals surface area contributed by atoms with Crippen LogP contribution >= 0.6 is 23.2 Å². The monoisotopic (exact) mass is 282 g/mol. The van der Waals surface area contributed by atoms with Crippen molar-refractivity contribution in [3.63, 3.8) is 0 Å². The van der Waals surface area contributed by atoms with Crippen LogP contribution in [-0.4, -0.2) is 19.8 Å². The van der Waals surface area contributed by atoms with Gasteiger partial charge in [0.05, 0.1) is 11.8 Å². The van der Waals surface area contributed by atoms with E-state index < -0.39 is 0 Å². The largest absolute Gasteiger partial charge is 0.452 e. The van der Waals surface area contributed by atoms with Gasteiger partial charge >= 0.3 is 0 Å². The molecule has 0 aromatic carbocycles. The first kappa shape index (κ1) is 11.5. The SMILES string of the molecule is Cc1c(Cl)nn2c(-c3ccoc3Cl)nnc2c1C. The minimum atomic E-state index is 0.250. The van der Waals surface area contributed by atoms with E-state index in [1.165, 1.54) is 6.26 Å². The van der Waals surface area contributed by atoms with Crippen LogP contribution in [0.1, 0.15) is 11.1 Å². The van der Waals surface area contributed by atoms with Crippen LogP contribution in [0.3, 0.4) is 0 Å². The Morgan fingerprint density at radius 3 is 2.61 bits per heavy atom. The van der Waals surface area contributed by atoms with Crippen LogP contribution in [0.4, 0.5) is 0 Å². The van der Waals surface area contributed by atoms with Gasteiger partial charge < -0.3 is 4.42 Å². The van der Waals surface area contributed by atoms with Gasteiger partial charge in [-0.05, 0) is 37.1 Å². The third kappa shape index (κ3) is 1.51. The first-order valence-electron chi connectivity index (χ1n) is 5.21. The van der Waals surface area contributed by atoms with Crippen LogP contribution in [0, 0.1) is 13.8 Å². The van der Waals surface area contributed by atoms with Crippen molar-refractivity contribution in [1.29, 1.82) is 0 Å². The summed E-state index contributed by atoms with van der Waals surface area (Å²) in [5.41, 5.74) is 3.12. The lowest BCUT2D eigenvalue weighted by Crippen LogP contribution is -2.00. The van der Waals surface area contributed by atoms with Gasteiger partial charge in [0.25, 0.3) is 0 Å². The second-order valence-corrected chi connectivity index (χ2v) is 4.61. The Hall–Kier alpha value is -1.59. The number of halogens is 2. The second-order valence-electron chi connectivity index (χ2n) is 3.91. The van der Waals surface area contributed by atoms with E-state index in [0.29, 0.717) is 22.2 Å². The standard InChI is InChI=1S/C11H8Cl2N4O/c1-5-6(2)10-14-15-11(17(10)16-8(5)12)7-3-4-18-9(7)13/h3-4H,1-2H3. The Balaban J connectivity index is 2.37. The molecule has 0 saturated carbocycles. The summed E-state index contributed by atoms with van der Waals surface area (Å²) >= 11 is 12.0. The van der Waals surface area contributed by atoms with Gasteiger partial charge in [-0.15, -0.1) is 10.2 Å². The predicted molar refractivity (Wildman–Crippen MR) is 68.0 cm³/mol. The molecule has 0 fully saturated rings. The molecule has 0 aliphatic rings. The van der Waals surface area contributed by atoms with Gasteiger partial charge in [0.1, 0.15) is 0 Å². The van der Waals surface area contributed by atoms with Crippen LogP contribution in [0.15, 0.2) is 16.7 Å². The number of aromatic nitrogens is 4. The van der Waals surface area contributed by atoms with Crippen LogP contribution in [0.5, 0.6) is 0 Å². The summed E-state index contributed by atoms with van der Waals surface area (Å²) < 4.78 is 6.62. The van der Waals surface area contributed by atoms with E-state index in [2.05, 4.69) is 15.3 Å². The lowest BCUT2D eigenvalue weighted by Gasteiger charge is -2.04. The number of nitrogens with zero attached hydrogens (tertiary/aromatic N) is 4. The molecule has 0 spiro atoms. The van der Waals surface area contributed by atoms with Crippen molar-refractivity contribution in [2.24, 2.45) is 0 Å². The number of fused-ring (bicyclic) bond motifs is 1. The highest BCUT2D eigenvalue weighted by atomic mass is 35.5. The smallest absolute Gasteiger partial charge is 0.204 e. The van der Waals surface area contributed by atoms with E-state index in [1.54, 1.807) is 10.6 Å². The molecule has 0 aliphatic carbocycles. The molecule has 3 heterocycles. The molecule has 92 valence electrons. The van der Waals surface area contributed by atoms with E-state index in [0.717, 1.165) is 11.1 Å². The van der Waals surface area contributed by atoms with Gasteiger partial charge in [-0.3, -0.25) is 0 Å². The van der Waals surface area contributed by atoms with Gasteiger partial charge in [0, 0.05) is 5.56 Å². The van der Waals surface area contributed by atoms with Gasteiger partial charge in [-0.25, -0.2) is 0 Å². The lowest BCUT2D eigenvalue weighted by molar-refractivity contribution is 0.570. The average molecular weight is 283 g/mol. The molecule has 3 aromatic rings. The fourth-order valence-electron chi connectivity index (χ4n) is 1.71. The number of hydrogen-bond donors (Lipinski definition) is 0. The molecule has 3 rings (SSSR count). The minimum Gasteiger partial charge on any atom is -0.452 e. The highest BCUT2D eigenvalue weighted by Crippen LogP contribution is 2.29. The lowest BCUT2D eigenvalue weighted by atomic mass is 10.2. The minimum absolute atomic E-state index is 0.250. The molecule has 0 aliphatic heterocycles. The second kappa shape index (κ2) is 3.96. The van der Waals surface area contributed by atoms with Crippen LogP contribution < -0.4 is 0 Å². The molecule has 0 bridgehead atoms. The highest BCUT2D eigenvalue weighted by molar-refractivity contribution is 6.31. The van der Waals surface area contributed by atoms with Crippen molar-refractivity contribution in [3.8, 4) is 11.4 Å². The van der Waals surface area contributed by atoms with E-state index >= 15 is 0 Å². The van der Waals surface area contributed by atoms with Crippen LogP contribution in [0.2, 0.25) is 10.4 Å². The Morgan fingerprint density at radius 1 is 1.17 bits per heavy atom. The summed E-state index contributed by atoms with van der Waals surface area (Å²) in [7, 11) is 0. The van der Waals surface area contributed by atoms with E-state index in [9.17, 15) is 0 Å². The number of furan rings is 1. The van der Waals surface area contributed by atoms with Crippen LogP contribution in [0.25, 0.3) is 17.0 Å². The third-order valence-electron chi connectivity index (χ3n) is 2.89.